The van der Waals surface area contributed by atoms with Gasteiger partial charge < -0.3 is 18.8 Å². The van der Waals surface area contributed by atoms with E-state index in [9.17, 15) is 8.42 Å². The minimum Gasteiger partial charge on any atom is -0.489 e. The van der Waals surface area contributed by atoms with Gasteiger partial charge in [0, 0.05) is 23.6 Å². The smallest absolute Gasteiger partial charge is 0.264 e. The van der Waals surface area contributed by atoms with Gasteiger partial charge in [0.15, 0.2) is 0 Å². The zero-order chi connectivity index (χ0) is 21.2. The maximum Gasteiger partial charge on any atom is 0.264 e. The van der Waals surface area contributed by atoms with Crippen molar-refractivity contribution in [1.82, 2.24) is 4.57 Å². The van der Waals surface area contributed by atoms with Gasteiger partial charge in [-0.2, -0.15) is 8.42 Å². The molecule has 0 saturated heterocycles. The molecule has 0 radical (unpaired) electrons. The Kier molecular flexibility index (Phi) is 8.27. The number of benzene rings is 2. The first kappa shape index (κ1) is 22.3. The fraction of sp³-hybridized carbons (Fsp3) is 0.364. The quantitative estimate of drug-likeness (QED) is 0.304. The Labute approximate surface area is 177 Å². The Morgan fingerprint density at radius 2 is 1.60 bits per heavy atom. The van der Waals surface area contributed by atoms with Gasteiger partial charge in [-0.15, -0.1) is 0 Å². The van der Waals surface area contributed by atoms with Gasteiger partial charge in [-0.25, -0.2) is 0 Å². The van der Waals surface area contributed by atoms with Gasteiger partial charge in [0.1, 0.15) is 12.4 Å². The number of fused-ring (bicyclic) bond motifs is 1. The highest BCUT2D eigenvalue weighted by Crippen LogP contribution is 2.23. The number of nitrogens with zero attached hydrogens (tertiary/aromatic N) is 1. The molecule has 0 fully saturated rings. The van der Waals surface area contributed by atoms with Crippen LogP contribution in [0.2, 0.25) is 0 Å². The average molecular weight is 434 g/mol. The van der Waals surface area contributed by atoms with Crippen LogP contribution in [-0.2, 0) is 36.9 Å². The van der Waals surface area contributed by atoms with Crippen LogP contribution in [0.4, 0.5) is 0 Å². The van der Waals surface area contributed by atoms with E-state index >= 15 is 0 Å². The SMILES string of the molecule is CS(=O)(=O)OCCOCCOCCn1ccc2cc(OCc3ccccc3)ccc21. The predicted molar refractivity (Wildman–Crippen MR) is 115 cm³/mol. The third kappa shape index (κ3) is 7.46. The number of rotatable bonds is 13. The van der Waals surface area contributed by atoms with Crippen LogP contribution in [-0.4, -0.2) is 52.3 Å². The molecule has 0 bridgehead atoms. The van der Waals surface area contributed by atoms with Crippen LogP contribution in [0.1, 0.15) is 5.56 Å². The van der Waals surface area contributed by atoms with Crippen LogP contribution in [0.5, 0.6) is 5.75 Å². The molecular weight excluding hydrogens is 406 g/mol. The van der Waals surface area contributed by atoms with Crippen molar-refractivity contribution in [1.29, 1.82) is 0 Å². The molecule has 1 aromatic heterocycles. The molecular formula is C22H27NO6S. The molecule has 0 atom stereocenters. The van der Waals surface area contributed by atoms with E-state index in [0.29, 0.717) is 26.4 Å². The molecule has 0 spiro atoms. The Hall–Kier alpha value is -2.39. The summed E-state index contributed by atoms with van der Waals surface area (Å²) in [6.07, 6.45) is 3.05. The Balaban J connectivity index is 1.36. The molecule has 8 heteroatoms. The molecule has 0 amide bonds. The molecule has 162 valence electrons. The van der Waals surface area contributed by atoms with Crippen molar-refractivity contribution >= 4 is 21.0 Å². The van der Waals surface area contributed by atoms with E-state index < -0.39 is 10.1 Å². The molecule has 3 rings (SSSR count). The third-order valence-corrected chi connectivity index (χ3v) is 4.96. The van der Waals surface area contributed by atoms with Crippen LogP contribution in [0.15, 0.2) is 60.8 Å². The van der Waals surface area contributed by atoms with Crippen molar-refractivity contribution < 1.29 is 26.8 Å². The van der Waals surface area contributed by atoms with Crippen LogP contribution in [0, 0.1) is 0 Å². The van der Waals surface area contributed by atoms with Gasteiger partial charge in [-0.3, -0.25) is 4.18 Å². The lowest BCUT2D eigenvalue weighted by Crippen LogP contribution is -2.13. The highest BCUT2D eigenvalue weighted by Gasteiger charge is 2.04. The zero-order valence-electron chi connectivity index (χ0n) is 17.0. The molecule has 0 aliphatic rings. The van der Waals surface area contributed by atoms with Crippen molar-refractivity contribution in [2.24, 2.45) is 0 Å². The third-order valence-electron chi connectivity index (χ3n) is 4.36. The van der Waals surface area contributed by atoms with Gasteiger partial charge >= 0.3 is 0 Å². The van der Waals surface area contributed by atoms with Crippen molar-refractivity contribution in [2.75, 3.05) is 39.3 Å². The van der Waals surface area contributed by atoms with Gasteiger partial charge in [-0.1, -0.05) is 30.3 Å². The molecule has 0 unspecified atom stereocenters. The lowest BCUT2D eigenvalue weighted by Gasteiger charge is -2.09. The highest BCUT2D eigenvalue weighted by atomic mass is 32.2. The van der Waals surface area contributed by atoms with E-state index in [0.717, 1.165) is 35.0 Å². The van der Waals surface area contributed by atoms with E-state index in [1.807, 2.05) is 48.7 Å². The maximum absolute atomic E-state index is 10.8. The van der Waals surface area contributed by atoms with E-state index in [1.165, 1.54) is 0 Å². The summed E-state index contributed by atoms with van der Waals surface area (Å²) < 4.78 is 45.1. The number of aromatic nitrogens is 1. The first-order chi connectivity index (χ1) is 14.5. The normalized spacial score (nSPS) is 11.8. The van der Waals surface area contributed by atoms with Gasteiger partial charge in [0.25, 0.3) is 10.1 Å². The first-order valence-electron chi connectivity index (χ1n) is 9.77. The molecule has 1 heterocycles. The van der Waals surface area contributed by atoms with Crippen molar-refractivity contribution in [3.05, 3.63) is 66.4 Å². The Morgan fingerprint density at radius 3 is 2.37 bits per heavy atom. The van der Waals surface area contributed by atoms with Crippen LogP contribution in [0.3, 0.4) is 0 Å². The van der Waals surface area contributed by atoms with E-state index in [4.69, 9.17) is 14.2 Å². The second-order valence-electron chi connectivity index (χ2n) is 6.75. The van der Waals surface area contributed by atoms with E-state index in [1.54, 1.807) is 0 Å². The van der Waals surface area contributed by atoms with E-state index in [-0.39, 0.29) is 13.2 Å². The molecule has 0 saturated carbocycles. The second kappa shape index (κ2) is 11.1. The predicted octanol–water partition coefficient (Wildman–Crippen LogP) is 3.23. The van der Waals surface area contributed by atoms with Crippen molar-refractivity contribution in [3.63, 3.8) is 0 Å². The standard InChI is InChI=1S/C22H27NO6S/c1-30(24,25)29-16-15-27-14-13-26-12-11-23-10-9-20-17-21(7-8-22(20)23)28-18-19-5-3-2-4-6-19/h2-10,17H,11-16,18H2,1H3. The molecule has 0 aliphatic carbocycles. The lowest BCUT2D eigenvalue weighted by atomic mass is 10.2. The van der Waals surface area contributed by atoms with Crippen molar-refractivity contribution in [3.8, 4) is 5.75 Å². The number of hydrogen-bond donors (Lipinski definition) is 0. The Bertz CT molecular complexity index is 1020. The molecule has 3 aromatic rings. The van der Waals surface area contributed by atoms with Crippen molar-refractivity contribution in [2.45, 2.75) is 13.2 Å². The summed E-state index contributed by atoms with van der Waals surface area (Å²) in [6, 6.07) is 18.2. The summed E-state index contributed by atoms with van der Waals surface area (Å²) in [5.74, 6) is 0.845. The highest BCUT2D eigenvalue weighted by molar-refractivity contribution is 7.85. The summed E-state index contributed by atoms with van der Waals surface area (Å²) in [7, 11) is -3.41. The monoisotopic (exact) mass is 433 g/mol. The van der Waals surface area contributed by atoms with Crippen LogP contribution >= 0.6 is 0 Å². The maximum atomic E-state index is 10.8. The Morgan fingerprint density at radius 1 is 0.867 bits per heavy atom. The van der Waals surface area contributed by atoms with E-state index in [2.05, 4.69) is 20.9 Å². The van der Waals surface area contributed by atoms with Gasteiger partial charge in [0.05, 0.1) is 39.3 Å². The molecule has 2 aromatic carbocycles. The lowest BCUT2D eigenvalue weighted by molar-refractivity contribution is 0.0351. The number of ether oxygens (including phenoxy) is 3. The van der Waals surface area contributed by atoms with Gasteiger partial charge in [0.2, 0.25) is 0 Å². The average Bonchev–Trinajstić information content (AvgIpc) is 3.13. The topological polar surface area (TPSA) is 76.0 Å². The molecule has 7 nitrogen and oxygen atoms in total. The van der Waals surface area contributed by atoms with Crippen LogP contribution < -0.4 is 4.74 Å². The minimum absolute atomic E-state index is 0.0191. The fourth-order valence-electron chi connectivity index (χ4n) is 2.93. The summed E-state index contributed by atoms with van der Waals surface area (Å²) in [5.41, 5.74) is 2.26. The van der Waals surface area contributed by atoms with Crippen LogP contribution in [0.25, 0.3) is 10.9 Å². The molecule has 0 aliphatic heterocycles. The first-order valence-corrected chi connectivity index (χ1v) is 11.6. The molecule has 30 heavy (non-hydrogen) atoms. The zero-order valence-corrected chi connectivity index (χ0v) is 17.8. The fourth-order valence-corrected chi connectivity index (χ4v) is 3.30. The summed E-state index contributed by atoms with van der Waals surface area (Å²) in [5, 5.41) is 1.12. The molecule has 0 N–H and O–H groups in total. The largest absolute Gasteiger partial charge is 0.489 e. The second-order valence-corrected chi connectivity index (χ2v) is 8.40. The number of hydrogen-bond acceptors (Lipinski definition) is 6. The van der Waals surface area contributed by atoms with Gasteiger partial charge in [-0.05, 0) is 29.8 Å². The summed E-state index contributed by atoms with van der Waals surface area (Å²) in [4.78, 5) is 0. The minimum atomic E-state index is -3.41. The summed E-state index contributed by atoms with van der Waals surface area (Å²) in [6.45, 7) is 2.89. The summed E-state index contributed by atoms with van der Waals surface area (Å²) >= 11 is 0.